The number of carbonyl (C=O) groups is 3. The highest BCUT2D eigenvalue weighted by molar-refractivity contribution is 6.04. The van der Waals surface area contributed by atoms with E-state index in [-0.39, 0.29) is 6.29 Å². The minimum atomic E-state index is -1.64. The fourth-order valence-electron chi connectivity index (χ4n) is 0.300. The van der Waals surface area contributed by atoms with Crippen molar-refractivity contribution >= 4 is 18.4 Å². The van der Waals surface area contributed by atoms with Crippen molar-refractivity contribution in [1.29, 1.82) is 0 Å². The Morgan fingerprint density at radius 3 is 2.40 bits per heavy atom. The molecule has 54 valence electrons. The number of hydrogen-bond acceptors (Lipinski definition) is 4. The summed E-state index contributed by atoms with van der Waals surface area (Å²) in [6.07, 6.45) is 0.588. The maximum atomic E-state index is 10.4. The summed E-state index contributed by atoms with van der Waals surface area (Å²) in [4.78, 5) is 29.7. The van der Waals surface area contributed by atoms with Crippen LogP contribution in [0.25, 0.3) is 0 Å². The highest BCUT2D eigenvalue weighted by Gasteiger charge is 2.08. The third-order valence-electron chi connectivity index (χ3n) is 0.759. The highest BCUT2D eigenvalue weighted by Crippen LogP contribution is 1.82. The maximum Gasteiger partial charge on any atom is 0.191 e. The van der Waals surface area contributed by atoms with E-state index in [9.17, 15) is 14.4 Å². The van der Waals surface area contributed by atoms with E-state index < -0.39 is 11.9 Å². The van der Waals surface area contributed by atoms with Gasteiger partial charge in [0.15, 0.2) is 18.2 Å². The van der Waals surface area contributed by atoms with Gasteiger partial charge in [-0.1, -0.05) is 0 Å². The van der Waals surface area contributed by atoms with Crippen LogP contribution in [0.3, 0.4) is 0 Å². The molecular formula is C6H6O4. The van der Waals surface area contributed by atoms with E-state index in [4.69, 9.17) is 5.11 Å². The van der Waals surface area contributed by atoms with Crippen LogP contribution in [0.4, 0.5) is 0 Å². The third-order valence-corrected chi connectivity index (χ3v) is 0.759. The first-order chi connectivity index (χ1) is 4.72. The summed E-state index contributed by atoms with van der Waals surface area (Å²) >= 11 is 0. The monoisotopic (exact) mass is 142 g/mol. The molecule has 0 aromatic carbocycles. The van der Waals surface area contributed by atoms with E-state index in [0.717, 1.165) is 12.2 Å². The molecule has 0 amide bonds. The van der Waals surface area contributed by atoms with Crippen LogP contribution in [0, 0.1) is 0 Å². The number of allylic oxidation sites excluding steroid dienone is 1. The van der Waals surface area contributed by atoms with Crippen LogP contribution in [-0.2, 0) is 14.4 Å². The van der Waals surface area contributed by atoms with Gasteiger partial charge in [-0.25, -0.2) is 0 Å². The number of aliphatic hydroxyl groups is 1. The standard InChI is InChI=1S/C6H6O4/c7-3-1-2-5(9)6(10)4-8/h1-4,6,10H/b2-1+. The van der Waals surface area contributed by atoms with Crippen LogP contribution in [0.5, 0.6) is 0 Å². The number of rotatable bonds is 4. The Morgan fingerprint density at radius 1 is 1.40 bits per heavy atom. The molecule has 0 saturated carbocycles. The van der Waals surface area contributed by atoms with E-state index >= 15 is 0 Å². The molecule has 0 rings (SSSR count). The Kier molecular flexibility index (Phi) is 3.99. The Balaban J connectivity index is 3.95. The lowest BCUT2D eigenvalue weighted by Crippen LogP contribution is -2.18. The van der Waals surface area contributed by atoms with Crippen molar-refractivity contribution in [2.75, 3.05) is 0 Å². The molecule has 0 saturated heterocycles. The van der Waals surface area contributed by atoms with E-state index in [1.54, 1.807) is 0 Å². The third kappa shape index (κ3) is 2.88. The molecule has 4 heteroatoms. The average molecular weight is 142 g/mol. The van der Waals surface area contributed by atoms with Crippen molar-refractivity contribution in [3.05, 3.63) is 12.2 Å². The van der Waals surface area contributed by atoms with Crippen molar-refractivity contribution in [2.45, 2.75) is 6.10 Å². The van der Waals surface area contributed by atoms with E-state index in [1.807, 2.05) is 0 Å². The second-order valence-electron chi connectivity index (χ2n) is 1.48. The smallest absolute Gasteiger partial charge is 0.191 e. The maximum absolute atomic E-state index is 10.4. The van der Waals surface area contributed by atoms with E-state index in [1.165, 1.54) is 0 Å². The molecule has 0 aliphatic heterocycles. The van der Waals surface area contributed by atoms with Crippen molar-refractivity contribution in [1.82, 2.24) is 0 Å². The molecule has 0 radical (unpaired) electrons. The summed E-state index contributed by atoms with van der Waals surface area (Å²) in [5.74, 6) is -0.790. The normalized spacial score (nSPS) is 12.9. The van der Waals surface area contributed by atoms with Crippen LogP contribution in [0.2, 0.25) is 0 Å². The Labute approximate surface area is 57.2 Å². The molecule has 0 bridgehead atoms. The fraction of sp³-hybridized carbons (Fsp3) is 0.167. The van der Waals surface area contributed by atoms with Gasteiger partial charge in [0.05, 0.1) is 0 Å². The lowest BCUT2D eigenvalue weighted by Gasteiger charge is -1.92. The summed E-state index contributed by atoms with van der Waals surface area (Å²) in [6, 6.07) is 0. The summed E-state index contributed by atoms with van der Waals surface area (Å²) in [6.45, 7) is 0. The molecule has 0 aliphatic rings. The molecule has 0 heterocycles. The lowest BCUT2D eigenvalue weighted by molar-refractivity contribution is -0.129. The Morgan fingerprint density at radius 2 is 2.00 bits per heavy atom. The van der Waals surface area contributed by atoms with Gasteiger partial charge in [0, 0.05) is 0 Å². The molecule has 0 spiro atoms. The molecule has 0 aromatic rings. The van der Waals surface area contributed by atoms with Crippen LogP contribution >= 0.6 is 0 Å². The second kappa shape index (κ2) is 4.58. The van der Waals surface area contributed by atoms with Crippen molar-refractivity contribution in [3.63, 3.8) is 0 Å². The summed E-state index contributed by atoms with van der Waals surface area (Å²) in [5.41, 5.74) is 0. The van der Waals surface area contributed by atoms with Gasteiger partial charge < -0.3 is 5.11 Å². The largest absolute Gasteiger partial charge is 0.377 e. The topological polar surface area (TPSA) is 71.4 Å². The summed E-state index contributed by atoms with van der Waals surface area (Å²) in [7, 11) is 0. The average Bonchev–Trinajstić information content (AvgIpc) is 1.98. The molecular weight excluding hydrogens is 136 g/mol. The Hall–Kier alpha value is -1.29. The highest BCUT2D eigenvalue weighted by atomic mass is 16.3. The quantitative estimate of drug-likeness (QED) is 0.306. The SMILES string of the molecule is O=C/C=C/C(=O)C(O)C=O. The first-order valence-electron chi connectivity index (χ1n) is 2.51. The zero-order valence-corrected chi connectivity index (χ0v) is 5.06. The van der Waals surface area contributed by atoms with Crippen LogP contribution in [0.15, 0.2) is 12.2 Å². The van der Waals surface area contributed by atoms with Gasteiger partial charge in [0.1, 0.15) is 6.29 Å². The van der Waals surface area contributed by atoms with Crippen LogP contribution in [-0.4, -0.2) is 29.6 Å². The predicted octanol–water partition coefficient (Wildman–Crippen LogP) is -1.13. The van der Waals surface area contributed by atoms with Gasteiger partial charge in [-0.2, -0.15) is 0 Å². The molecule has 1 unspecified atom stereocenters. The molecule has 0 fully saturated rings. The van der Waals surface area contributed by atoms with Gasteiger partial charge in [0.2, 0.25) is 0 Å². The molecule has 0 aromatic heterocycles. The summed E-state index contributed by atoms with van der Waals surface area (Å²) < 4.78 is 0. The second-order valence-corrected chi connectivity index (χ2v) is 1.48. The Bertz CT molecular complexity index is 171. The first kappa shape index (κ1) is 8.71. The minimum absolute atomic E-state index is 0.0947. The molecule has 1 N–H and O–H groups in total. The molecule has 1 atom stereocenters. The zero-order valence-electron chi connectivity index (χ0n) is 5.06. The van der Waals surface area contributed by atoms with Crippen LogP contribution < -0.4 is 0 Å². The van der Waals surface area contributed by atoms with Crippen molar-refractivity contribution < 1.29 is 19.5 Å². The van der Waals surface area contributed by atoms with E-state index in [2.05, 4.69) is 0 Å². The van der Waals surface area contributed by atoms with Crippen molar-refractivity contribution in [2.24, 2.45) is 0 Å². The number of hydrogen-bond donors (Lipinski definition) is 1. The van der Waals surface area contributed by atoms with Gasteiger partial charge in [-0.15, -0.1) is 0 Å². The molecule has 4 nitrogen and oxygen atoms in total. The number of aldehydes is 2. The van der Waals surface area contributed by atoms with Gasteiger partial charge in [-0.3, -0.25) is 14.4 Å². The minimum Gasteiger partial charge on any atom is -0.377 e. The first-order valence-corrected chi connectivity index (χ1v) is 2.51. The van der Waals surface area contributed by atoms with Gasteiger partial charge in [0.25, 0.3) is 0 Å². The van der Waals surface area contributed by atoms with Gasteiger partial charge >= 0.3 is 0 Å². The molecule has 10 heavy (non-hydrogen) atoms. The number of ketones is 1. The number of aliphatic hydroxyl groups excluding tert-OH is 1. The molecule has 0 aliphatic carbocycles. The van der Waals surface area contributed by atoms with E-state index in [0.29, 0.717) is 6.29 Å². The summed E-state index contributed by atoms with van der Waals surface area (Å²) in [5, 5.41) is 8.47. The lowest BCUT2D eigenvalue weighted by atomic mass is 10.2. The van der Waals surface area contributed by atoms with Crippen molar-refractivity contribution in [3.8, 4) is 0 Å². The number of carbonyl (C=O) groups excluding carboxylic acids is 3. The fourth-order valence-corrected chi connectivity index (χ4v) is 0.300. The van der Waals surface area contributed by atoms with Gasteiger partial charge in [-0.05, 0) is 12.2 Å². The zero-order chi connectivity index (χ0) is 7.98. The van der Waals surface area contributed by atoms with Crippen LogP contribution in [0.1, 0.15) is 0 Å². The predicted molar refractivity (Wildman–Crippen MR) is 32.3 cm³/mol.